The number of aromatic nitrogens is 5. The van der Waals surface area contributed by atoms with Crippen LogP contribution in [0.3, 0.4) is 0 Å². The molecule has 5 rings (SSSR count). The molecule has 1 aliphatic heterocycles. The number of imidazole rings is 1. The van der Waals surface area contributed by atoms with E-state index in [1.165, 1.54) is 17.8 Å². The third-order valence-electron chi connectivity index (χ3n) is 7.14. The fraction of sp³-hybridized carbons (Fsp3) is 0.542. The van der Waals surface area contributed by atoms with Crippen molar-refractivity contribution in [3.05, 3.63) is 41.1 Å². The molecule has 1 N–H and O–H groups in total. The van der Waals surface area contributed by atoms with Crippen molar-refractivity contribution in [1.82, 2.24) is 29.0 Å². The van der Waals surface area contributed by atoms with Gasteiger partial charge in [-0.25, -0.2) is 27.1 Å². The third-order valence-corrected chi connectivity index (χ3v) is 7.14. The van der Waals surface area contributed by atoms with Crippen LogP contribution >= 0.6 is 0 Å². The maximum absolute atomic E-state index is 15.2. The number of piperidine rings is 1. The predicted molar refractivity (Wildman–Crippen MR) is 127 cm³/mol. The molecule has 3 aromatic rings. The zero-order valence-corrected chi connectivity index (χ0v) is 20.6. The highest BCUT2D eigenvalue weighted by atomic mass is 19.3. The highest BCUT2D eigenvalue weighted by Gasteiger charge is 2.38. The molecule has 3 aromatic heterocycles. The van der Waals surface area contributed by atoms with Gasteiger partial charge >= 0.3 is 0 Å². The van der Waals surface area contributed by atoms with E-state index in [4.69, 9.17) is 4.74 Å². The Morgan fingerprint density at radius 1 is 1.31 bits per heavy atom. The van der Waals surface area contributed by atoms with E-state index in [9.17, 15) is 13.2 Å². The normalized spacial score (nSPS) is 24.8. The van der Waals surface area contributed by atoms with E-state index < -0.39 is 36.4 Å². The molecule has 0 bridgehead atoms. The molecular weight excluding hydrogens is 478 g/mol. The van der Waals surface area contributed by atoms with Gasteiger partial charge < -0.3 is 19.5 Å². The molecule has 1 saturated heterocycles. The molecule has 2 aliphatic rings. The largest absolute Gasteiger partial charge is 0.479 e. The van der Waals surface area contributed by atoms with Gasteiger partial charge in [0.15, 0.2) is 0 Å². The Balaban J connectivity index is 1.52. The molecule has 0 saturated carbocycles. The number of ether oxygens (including phenoxy) is 1. The van der Waals surface area contributed by atoms with Gasteiger partial charge in [-0.2, -0.15) is 4.98 Å². The Hall–Kier alpha value is -3.15. The summed E-state index contributed by atoms with van der Waals surface area (Å²) in [4.78, 5) is 10.6. The lowest BCUT2D eigenvalue weighted by molar-refractivity contribution is 0.124. The van der Waals surface area contributed by atoms with Crippen molar-refractivity contribution in [2.24, 2.45) is 0 Å². The molecular formula is C24H29F4N7O. The van der Waals surface area contributed by atoms with Crippen LogP contribution < -0.4 is 10.1 Å². The van der Waals surface area contributed by atoms with Crippen LogP contribution in [0.15, 0.2) is 18.3 Å². The van der Waals surface area contributed by atoms with Crippen LogP contribution in [0.4, 0.5) is 23.5 Å². The van der Waals surface area contributed by atoms with E-state index in [1.54, 1.807) is 23.7 Å². The van der Waals surface area contributed by atoms with Gasteiger partial charge in [-0.15, -0.1) is 5.10 Å². The van der Waals surface area contributed by atoms with E-state index in [0.717, 1.165) is 6.54 Å². The average Bonchev–Trinajstić information content (AvgIpc) is 3.37. The van der Waals surface area contributed by atoms with Crippen molar-refractivity contribution in [2.45, 2.75) is 57.3 Å². The average molecular weight is 508 g/mol. The number of halogens is 4. The third kappa shape index (κ3) is 4.21. The summed E-state index contributed by atoms with van der Waals surface area (Å²) in [6, 6.07) is 1.36. The Morgan fingerprint density at radius 3 is 2.78 bits per heavy atom. The monoisotopic (exact) mass is 507 g/mol. The highest BCUT2D eigenvalue weighted by Crippen LogP contribution is 2.43. The maximum Gasteiger partial charge on any atom is 0.256 e. The minimum absolute atomic E-state index is 0.0998. The second-order valence-corrected chi connectivity index (χ2v) is 9.83. The van der Waals surface area contributed by atoms with Gasteiger partial charge in [0.1, 0.15) is 29.0 Å². The minimum atomic E-state index is -2.59. The molecule has 4 heterocycles. The lowest BCUT2D eigenvalue weighted by atomic mass is 9.75. The Bertz CT molecular complexity index is 1320. The predicted octanol–water partition coefficient (Wildman–Crippen LogP) is 3.79. The lowest BCUT2D eigenvalue weighted by Crippen LogP contribution is -2.46. The summed E-state index contributed by atoms with van der Waals surface area (Å²) in [7, 11) is 3.35. The number of nitrogens with zero attached hydrogens (tertiary/aromatic N) is 6. The SMILES string of the molecule is COc1nc(N[C@H]2CCN(C)C[C@H]2F)nn2ccc(C3(C)C=C(F)c4nc(C)n(CC(F)F)c4C3)c12. The van der Waals surface area contributed by atoms with Crippen LogP contribution in [0.25, 0.3) is 11.3 Å². The number of hydrogen-bond donors (Lipinski definition) is 1. The molecule has 3 atom stereocenters. The first kappa shape index (κ1) is 24.5. The molecule has 1 fully saturated rings. The quantitative estimate of drug-likeness (QED) is 0.512. The van der Waals surface area contributed by atoms with Crippen LogP contribution in [-0.4, -0.2) is 74.9 Å². The summed E-state index contributed by atoms with van der Waals surface area (Å²) >= 11 is 0. The van der Waals surface area contributed by atoms with Crippen molar-refractivity contribution in [2.75, 3.05) is 32.6 Å². The van der Waals surface area contributed by atoms with Gasteiger partial charge in [-0.3, -0.25) is 0 Å². The van der Waals surface area contributed by atoms with Gasteiger partial charge in [0, 0.05) is 36.8 Å². The number of anilines is 1. The molecule has 0 aromatic carbocycles. The van der Waals surface area contributed by atoms with Gasteiger partial charge in [0.05, 0.1) is 19.7 Å². The number of fused-ring (bicyclic) bond motifs is 2. The highest BCUT2D eigenvalue weighted by molar-refractivity contribution is 5.72. The Morgan fingerprint density at radius 2 is 2.08 bits per heavy atom. The molecule has 12 heteroatoms. The number of methoxy groups -OCH3 is 1. The van der Waals surface area contributed by atoms with Crippen LogP contribution in [0.5, 0.6) is 5.88 Å². The van der Waals surface area contributed by atoms with E-state index >= 15 is 4.39 Å². The van der Waals surface area contributed by atoms with Crippen LogP contribution in [0, 0.1) is 6.92 Å². The summed E-state index contributed by atoms with van der Waals surface area (Å²) in [6.07, 6.45) is 0.363. The number of nitrogens with one attached hydrogen (secondary N) is 1. The maximum atomic E-state index is 15.2. The second-order valence-electron chi connectivity index (χ2n) is 9.83. The van der Waals surface area contributed by atoms with Crippen LogP contribution in [-0.2, 0) is 18.4 Å². The summed E-state index contributed by atoms with van der Waals surface area (Å²) in [5, 5.41) is 7.59. The minimum Gasteiger partial charge on any atom is -0.479 e. The van der Waals surface area contributed by atoms with Crippen molar-refractivity contribution in [1.29, 1.82) is 0 Å². The number of hydrogen-bond acceptors (Lipinski definition) is 6. The summed E-state index contributed by atoms with van der Waals surface area (Å²) in [5.41, 5.74) is 0.820. The lowest BCUT2D eigenvalue weighted by Gasteiger charge is -2.32. The Labute approximate surface area is 206 Å². The molecule has 0 amide bonds. The molecule has 1 unspecified atom stereocenters. The Kier molecular flexibility index (Phi) is 6.17. The molecule has 194 valence electrons. The first-order chi connectivity index (χ1) is 17.1. The topological polar surface area (TPSA) is 72.5 Å². The number of rotatable bonds is 6. The first-order valence-corrected chi connectivity index (χ1v) is 11.9. The van der Waals surface area contributed by atoms with Crippen molar-refractivity contribution < 1.29 is 22.3 Å². The van der Waals surface area contributed by atoms with Crippen molar-refractivity contribution in [3.63, 3.8) is 0 Å². The molecule has 8 nitrogen and oxygen atoms in total. The van der Waals surface area contributed by atoms with Crippen LogP contribution in [0.2, 0.25) is 0 Å². The first-order valence-electron chi connectivity index (χ1n) is 11.9. The number of allylic oxidation sites excluding steroid dienone is 1. The van der Waals surface area contributed by atoms with Gasteiger partial charge in [-0.05, 0) is 38.1 Å². The molecule has 36 heavy (non-hydrogen) atoms. The number of likely N-dealkylation sites (tertiary alicyclic amines) is 1. The summed E-state index contributed by atoms with van der Waals surface area (Å²) < 4.78 is 64.8. The van der Waals surface area contributed by atoms with Crippen molar-refractivity contribution in [3.8, 4) is 5.88 Å². The molecule has 0 radical (unpaired) electrons. The molecule has 0 spiro atoms. The van der Waals surface area contributed by atoms with E-state index in [2.05, 4.69) is 20.4 Å². The standard InChI is InChI=1S/C24H29F4N7O/c1-13-29-20-15(25)9-24(2,10-18(20)34(13)12-19(27)28)14-5-8-35-21(14)22(36-4)31-23(32-35)30-17-6-7-33(3)11-16(17)26/h5,8-9,16-17,19H,6-7,10-12H2,1-4H3,(H,30,32)/t16-,17+,24?/m1/s1. The summed E-state index contributed by atoms with van der Waals surface area (Å²) in [5.74, 6) is 0.242. The zero-order valence-electron chi connectivity index (χ0n) is 20.6. The van der Waals surface area contributed by atoms with Gasteiger partial charge in [0.25, 0.3) is 6.43 Å². The van der Waals surface area contributed by atoms with E-state index in [1.807, 2.05) is 18.9 Å². The van der Waals surface area contributed by atoms with Gasteiger partial charge in [-0.1, -0.05) is 6.92 Å². The number of alkyl halides is 3. The fourth-order valence-electron chi connectivity index (χ4n) is 5.32. The van der Waals surface area contributed by atoms with E-state index in [0.29, 0.717) is 35.6 Å². The number of aryl methyl sites for hydroxylation is 1. The van der Waals surface area contributed by atoms with Gasteiger partial charge in [0.2, 0.25) is 11.8 Å². The second kappa shape index (κ2) is 9.06. The fourth-order valence-corrected chi connectivity index (χ4v) is 5.32. The van der Waals surface area contributed by atoms with Crippen LogP contribution in [0.1, 0.15) is 36.1 Å². The zero-order chi connectivity index (χ0) is 25.8. The molecule has 1 aliphatic carbocycles. The van der Waals surface area contributed by atoms with Crippen molar-refractivity contribution >= 4 is 17.3 Å². The smallest absolute Gasteiger partial charge is 0.256 e. The summed E-state index contributed by atoms with van der Waals surface area (Å²) in [6.45, 7) is 3.95. The van der Waals surface area contributed by atoms with E-state index in [-0.39, 0.29) is 23.9 Å².